The third-order valence-corrected chi connectivity index (χ3v) is 8.68. The summed E-state index contributed by atoms with van der Waals surface area (Å²) >= 11 is 0. The summed E-state index contributed by atoms with van der Waals surface area (Å²) in [5.74, 6) is 0. The first-order chi connectivity index (χ1) is 19.6. The summed E-state index contributed by atoms with van der Waals surface area (Å²) in [6, 6.07) is 44.1. The highest BCUT2D eigenvalue weighted by atomic mass is 15.0. The molecule has 0 fully saturated rings. The predicted octanol–water partition coefficient (Wildman–Crippen LogP) is 10.2. The van der Waals surface area contributed by atoms with Crippen LogP contribution in [0.25, 0.3) is 60.6 Å². The van der Waals surface area contributed by atoms with Crippen molar-refractivity contribution in [2.75, 3.05) is 0 Å². The van der Waals surface area contributed by atoms with E-state index in [4.69, 9.17) is 0 Å². The molecule has 0 unspecified atom stereocenters. The van der Waals surface area contributed by atoms with Crippen LogP contribution in [0.2, 0.25) is 0 Å². The van der Waals surface area contributed by atoms with E-state index in [2.05, 4.69) is 156 Å². The first-order valence-corrected chi connectivity index (χ1v) is 14.1. The van der Waals surface area contributed by atoms with Gasteiger partial charge >= 0.3 is 0 Å². The summed E-state index contributed by atoms with van der Waals surface area (Å²) in [6.07, 6.45) is 5.65. The lowest BCUT2D eigenvalue weighted by Crippen LogP contribution is -2.19. The van der Waals surface area contributed by atoms with Crippen molar-refractivity contribution in [3.05, 3.63) is 139 Å². The number of rotatable bonds is 3. The van der Waals surface area contributed by atoms with Crippen molar-refractivity contribution in [1.82, 2.24) is 9.13 Å². The molecule has 0 amide bonds. The number of hydrogen-bond acceptors (Lipinski definition) is 0. The van der Waals surface area contributed by atoms with Crippen molar-refractivity contribution in [2.45, 2.75) is 20.3 Å². The van der Waals surface area contributed by atoms with Crippen LogP contribution in [-0.2, 0) is 0 Å². The van der Waals surface area contributed by atoms with Crippen molar-refractivity contribution < 1.29 is 0 Å². The highest BCUT2D eigenvalue weighted by Crippen LogP contribution is 2.46. The van der Waals surface area contributed by atoms with Crippen molar-refractivity contribution in [3.63, 3.8) is 0 Å². The lowest BCUT2D eigenvalue weighted by molar-refractivity contribution is 0.506. The van der Waals surface area contributed by atoms with Crippen LogP contribution in [0.5, 0.6) is 0 Å². The zero-order chi connectivity index (χ0) is 26.8. The van der Waals surface area contributed by atoms with Crippen LogP contribution >= 0.6 is 0 Å². The molecular formula is C38H30N2. The fourth-order valence-electron chi connectivity index (χ4n) is 6.88. The minimum atomic E-state index is -0.00901. The molecule has 7 aromatic rings. The summed E-state index contributed by atoms with van der Waals surface area (Å²) in [6.45, 7) is 4.75. The Labute approximate surface area is 234 Å². The van der Waals surface area contributed by atoms with Crippen LogP contribution < -0.4 is 0 Å². The molecule has 192 valence electrons. The van der Waals surface area contributed by atoms with Gasteiger partial charge in [-0.2, -0.15) is 0 Å². The van der Waals surface area contributed by atoms with E-state index in [1.54, 1.807) is 0 Å². The minimum Gasteiger partial charge on any atom is -0.313 e. The molecule has 0 saturated heterocycles. The van der Waals surface area contributed by atoms with Crippen LogP contribution in [0.15, 0.2) is 133 Å². The Kier molecular flexibility index (Phi) is 4.96. The van der Waals surface area contributed by atoms with E-state index in [1.165, 1.54) is 66.1 Å². The molecule has 5 aromatic carbocycles. The monoisotopic (exact) mass is 514 g/mol. The Morgan fingerprint density at radius 2 is 0.900 bits per heavy atom. The number of aromatic nitrogens is 2. The van der Waals surface area contributed by atoms with Crippen LogP contribution in [0.3, 0.4) is 0 Å². The van der Waals surface area contributed by atoms with Gasteiger partial charge in [0.2, 0.25) is 0 Å². The minimum absolute atomic E-state index is 0.00901. The number of allylic oxidation sites excluding steroid dienone is 4. The van der Waals surface area contributed by atoms with Crippen molar-refractivity contribution in [2.24, 2.45) is 5.41 Å². The van der Waals surface area contributed by atoms with Crippen LogP contribution in [-0.4, -0.2) is 9.13 Å². The molecule has 2 heterocycles. The average Bonchev–Trinajstić information content (AvgIpc) is 3.50. The van der Waals surface area contributed by atoms with E-state index in [0.717, 1.165) is 6.42 Å². The van der Waals surface area contributed by atoms with Gasteiger partial charge in [-0.15, -0.1) is 0 Å². The molecular weight excluding hydrogens is 484 g/mol. The second kappa shape index (κ2) is 8.59. The van der Waals surface area contributed by atoms with E-state index >= 15 is 0 Å². The standard InChI is InChI=1S/C38H30N2/c1-38(2)25-28(40-36-17-9-5-13-31(36)32-14-6-10-18-37(32)40)23-24-33(38)26-19-21-27(22-20-26)39-34-15-7-3-11-29(34)30-12-4-8-16-35(30)39/h3-24H,25H2,1-2H3. The van der Waals surface area contributed by atoms with E-state index < -0.39 is 0 Å². The van der Waals surface area contributed by atoms with E-state index in [0.29, 0.717) is 0 Å². The largest absolute Gasteiger partial charge is 0.313 e. The number of fused-ring (bicyclic) bond motifs is 6. The zero-order valence-electron chi connectivity index (χ0n) is 22.8. The maximum atomic E-state index is 2.46. The molecule has 0 bridgehead atoms. The van der Waals surface area contributed by atoms with E-state index in [9.17, 15) is 0 Å². The van der Waals surface area contributed by atoms with Gasteiger partial charge in [-0.3, -0.25) is 0 Å². The maximum Gasteiger partial charge on any atom is 0.0541 e. The summed E-state index contributed by atoms with van der Waals surface area (Å²) < 4.78 is 4.85. The average molecular weight is 515 g/mol. The van der Waals surface area contributed by atoms with Crippen molar-refractivity contribution >= 4 is 54.9 Å². The highest BCUT2D eigenvalue weighted by molar-refractivity contribution is 6.10. The number of para-hydroxylation sites is 4. The maximum absolute atomic E-state index is 2.46. The molecule has 8 rings (SSSR count). The van der Waals surface area contributed by atoms with Gasteiger partial charge in [0.05, 0.1) is 22.1 Å². The molecule has 0 saturated carbocycles. The fraction of sp³-hybridized carbons (Fsp3) is 0.105. The molecule has 2 heteroatoms. The van der Waals surface area contributed by atoms with Gasteiger partial charge in [0.15, 0.2) is 0 Å². The topological polar surface area (TPSA) is 9.86 Å². The molecule has 0 radical (unpaired) electrons. The van der Waals surface area contributed by atoms with Gasteiger partial charge in [-0.1, -0.05) is 105 Å². The van der Waals surface area contributed by atoms with Gasteiger partial charge in [-0.25, -0.2) is 0 Å². The SMILES string of the molecule is CC1(C)CC(n2c3ccccc3c3ccccc32)=CC=C1c1ccc(-n2c3ccccc3c3ccccc32)cc1. The van der Waals surface area contributed by atoms with Crippen LogP contribution in [0.1, 0.15) is 25.8 Å². The Morgan fingerprint density at radius 1 is 0.475 bits per heavy atom. The zero-order valence-corrected chi connectivity index (χ0v) is 22.8. The summed E-state index contributed by atoms with van der Waals surface area (Å²) in [5, 5.41) is 5.21. The van der Waals surface area contributed by atoms with Gasteiger partial charge in [0.1, 0.15) is 0 Å². The molecule has 2 aromatic heterocycles. The molecule has 1 aliphatic rings. The number of hydrogen-bond donors (Lipinski definition) is 0. The van der Waals surface area contributed by atoms with E-state index in [-0.39, 0.29) is 5.41 Å². The number of nitrogens with zero attached hydrogens (tertiary/aromatic N) is 2. The van der Waals surface area contributed by atoms with Crippen LogP contribution in [0.4, 0.5) is 0 Å². The van der Waals surface area contributed by atoms with E-state index in [1.807, 2.05) is 0 Å². The lowest BCUT2D eigenvalue weighted by Gasteiger charge is -2.33. The highest BCUT2D eigenvalue weighted by Gasteiger charge is 2.30. The second-order valence-corrected chi connectivity index (χ2v) is 11.6. The Morgan fingerprint density at radius 3 is 1.35 bits per heavy atom. The molecule has 0 aliphatic heterocycles. The van der Waals surface area contributed by atoms with Crippen molar-refractivity contribution in [3.8, 4) is 5.69 Å². The summed E-state index contributed by atoms with van der Waals surface area (Å²) in [4.78, 5) is 0. The normalized spacial score (nSPS) is 15.2. The Balaban J connectivity index is 1.23. The molecule has 2 nitrogen and oxygen atoms in total. The molecule has 0 spiro atoms. The van der Waals surface area contributed by atoms with Crippen LogP contribution in [0, 0.1) is 5.41 Å². The fourth-order valence-corrected chi connectivity index (χ4v) is 6.88. The first-order valence-electron chi connectivity index (χ1n) is 14.1. The summed E-state index contributed by atoms with van der Waals surface area (Å²) in [7, 11) is 0. The molecule has 1 aliphatic carbocycles. The van der Waals surface area contributed by atoms with Gasteiger partial charge < -0.3 is 9.13 Å². The quantitative estimate of drug-likeness (QED) is 0.222. The van der Waals surface area contributed by atoms with Gasteiger partial charge in [0.25, 0.3) is 0 Å². The second-order valence-electron chi connectivity index (χ2n) is 11.6. The smallest absolute Gasteiger partial charge is 0.0541 e. The molecule has 0 atom stereocenters. The van der Waals surface area contributed by atoms with Crippen molar-refractivity contribution in [1.29, 1.82) is 0 Å². The first kappa shape index (κ1) is 23.1. The van der Waals surface area contributed by atoms with Gasteiger partial charge in [0, 0.05) is 32.9 Å². The number of benzene rings is 5. The summed E-state index contributed by atoms with van der Waals surface area (Å²) in [5.41, 5.74) is 10.2. The predicted molar refractivity (Wildman–Crippen MR) is 171 cm³/mol. The third kappa shape index (κ3) is 3.36. The van der Waals surface area contributed by atoms with Gasteiger partial charge in [-0.05, 0) is 65.4 Å². The Hall–Kier alpha value is -4.82. The third-order valence-electron chi connectivity index (χ3n) is 8.68. The molecule has 40 heavy (non-hydrogen) atoms. The molecule has 0 N–H and O–H groups in total. The Bertz CT molecular complexity index is 2040. The lowest BCUT2D eigenvalue weighted by atomic mass is 9.74.